The molecule has 1 aliphatic carbocycles. The molecule has 0 spiro atoms. The van der Waals surface area contributed by atoms with Gasteiger partial charge in [-0.3, -0.25) is 9.78 Å². The number of fused-ring (bicyclic) bond motifs is 1. The van der Waals surface area contributed by atoms with E-state index in [1.54, 1.807) is 35.7 Å². The predicted molar refractivity (Wildman–Crippen MR) is 101 cm³/mol. The number of carbonyl (C=O) groups excluding carboxylic acids is 1. The zero-order valence-electron chi connectivity index (χ0n) is 14.9. The maximum atomic E-state index is 12.8. The number of amides is 1. The molecular formula is C20H21N3O2S. The summed E-state index contributed by atoms with van der Waals surface area (Å²) in [5.74, 6) is 1.42. The Bertz CT molecular complexity index is 916. The summed E-state index contributed by atoms with van der Waals surface area (Å²) in [4.78, 5) is 20.7. The second-order valence-electron chi connectivity index (χ2n) is 6.98. The van der Waals surface area contributed by atoms with Crippen molar-refractivity contribution in [3.05, 3.63) is 57.7 Å². The Morgan fingerprint density at radius 1 is 1.35 bits per heavy atom. The highest BCUT2D eigenvalue weighted by Crippen LogP contribution is 2.32. The second kappa shape index (κ2) is 7.03. The summed E-state index contributed by atoms with van der Waals surface area (Å²) in [6, 6.07) is 7.72. The molecule has 1 amide bonds. The molecule has 1 unspecified atom stereocenters. The molecule has 134 valence electrons. The Hall–Kier alpha value is -2.47. The van der Waals surface area contributed by atoms with Gasteiger partial charge in [-0.25, -0.2) is 0 Å². The Balaban J connectivity index is 1.46. The van der Waals surface area contributed by atoms with Gasteiger partial charge in [-0.2, -0.15) is 0 Å². The van der Waals surface area contributed by atoms with E-state index >= 15 is 0 Å². The molecule has 0 aromatic carbocycles. The number of nitrogens with zero attached hydrogens (tertiary/aromatic N) is 3. The van der Waals surface area contributed by atoms with Gasteiger partial charge in [0.25, 0.3) is 5.91 Å². The summed E-state index contributed by atoms with van der Waals surface area (Å²) in [6.45, 7) is 2.68. The van der Waals surface area contributed by atoms with E-state index in [9.17, 15) is 4.79 Å². The molecule has 0 fully saturated rings. The summed E-state index contributed by atoms with van der Waals surface area (Å²) < 4.78 is 5.41. The van der Waals surface area contributed by atoms with Crippen LogP contribution in [0.25, 0.3) is 11.3 Å². The van der Waals surface area contributed by atoms with Gasteiger partial charge in [0.2, 0.25) is 0 Å². The number of pyridine rings is 1. The Kier molecular flexibility index (Phi) is 4.59. The molecule has 1 atom stereocenters. The standard InChI is InChI=1S/C20H21N3O2S/c1-13-3-4-18-15(9-13)10-19(26-18)20(24)23(2)12-16-11-17(22-25-16)14-5-7-21-8-6-14/h5-8,10-11,13H,3-4,9,12H2,1-2H3. The lowest BCUT2D eigenvalue weighted by Gasteiger charge is -2.16. The van der Waals surface area contributed by atoms with Crippen LogP contribution in [0.4, 0.5) is 0 Å². The number of aromatic nitrogens is 2. The lowest BCUT2D eigenvalue weighted by Crippen LogP contribution is -2.25. The largest absolute Gasteiger partial charge is 0.359 e. The molecule has 6 heteroatoms. The molecule has 26 heavy (non-hydrogen) atoms. The fraction of sp³-hybridized carbons (Fsp3) is 0.350. The van der Waals surface area contributed by atoms with Crippen LogP contribution in [0.1, 0.15) is 39.2 Å². The van der Waals surface area contributed by atoms with Crippen LogP contribution >= 0.6 is 11.3 Å². The van der Waals surface area contributed by atoms with Crippen molar-refractivity contribution in [1.82, 2.24) is 15.0 Å². The van der Waals surface area contributed by atoms with Crippen molar-refractivity contribution in [2.75, 3.05) is 7.05 Å². The van der Waals surface area contributed by atoms with Crippen LogP contribution in [-0.4, -0.2) is 28.0 Å². The van der Waals surface area contributed by atoms with Crippen molar-refractivity contribution in [3.63, 3.8) is 0 Å². The topological polar surface area (TPSA) is 59.2 Å². The van der Waals surface area contributed by atoms with Crippen molar-refractivity contribution in [2.45, 2.75) is 32.7 Å². The number of carbonyl (C=O) groups is 1. The van der Waals surface area contributed by atoms with Gasteiger partial charge in [-0.05, 0) is 48.9 Å². The van der Waals surface area contributed by atoms with Gasteiger partial charge in [-0.15, -0.1) is 11.3 Å². The number of rotatable bonds is 4. The molecule has 0 saturated carbocycles. The maximum absolute atomic E-state index is 12.8. The van der Waals surface area contributed by atoms with E-state index < -0.39 is 0 Å². The molecule has 1 aliphatic rings. The van der Waals surface area contributed by atoms with E-state index in [0.29, 0.717) is 18.2 Å². The quantitative estimate of drug-likeness (QED) is 0.693. The fourth-order valence-corrected chi connectivity index (χ4v) is 4.55. The monoisotopic (exact) mass is 367 g/mol. The lowest BCUT2D eigenvalue weighted by atomic mass is 9.90. The van der Waals surface area contributed by atoms with Crippen LogP contribution in [0, 0.1) is 5.92 Å². The summed E-state index contributed by atoms with van der Waals surface area (Å²) in [5.41, 5.74) is 3.05. The minimum absolute atomic E-state index is 0.0407. The first kappa shape index (κ1) is 17.0. The summed E-state index contributed by atoms with van der Waals surface area (Å²) in [7, 11) is 1.80. The number of thiophene rings is 1. The first-order chi connectivity index (χ1) is 12.6. The minimum atomic E-state index is 0.0407. The van der Waals surface area contributed by atoms with Crippen molar-refractivity contribution < 1.29 is 9.32 Å². The third-order valence-electron chi connectivity index (χ3n) is 4.81. The van der Waals surface area contributed by atoms with Crippen LogP contribution in [0.2, 0.25) is 0 Å². The van der Waals surface area contributed by atoms with Crippen LogP contribution in [0.15, 0.2) is 41.2 Å². The van der Waals surface area contributed by atoms with Crippen LogP contribution < -0.4 is 0 Å². The van der Waals surface area contributed by atoms with Crippen molar-refractivity contribution in [1.29, 1.82) is 0 Å². The number of hydrogen-bond donors (Lipinski definition) is 0. The van der Waals surface area contributed by atoms with Gasteiger partial charge in [-0.1, -0.05) is 12.1 Å². The van der Waals surface area contributed by atoms with E-state index in [-0.39, 0.29) is 5.91 Å². The molecule has 3 aromatic heterocycles. The fourth-order valence-electron chi connectivity index (χ4n) is 3.35. The van der Waals surface area contributed by atoms with E-state index in [2.05, 4.69) is 23.1 Å². The van der Waals surface area contributed by atoms with Gasteiger partial charge in [0.05, 0.1) is 11.4 Å². The highest BCUT2D eigenvalue weighted by molar-refractivity contribution is 7.14. The Morgan fingerprint density at radius 3 is 2.96 bits per heavy atom. The zero-order chi connectivity index (χ0) is 18.1. The molecule has 0 bridgehead atoms. The van der Waals surface area contributed by atoms with Gasteiger partial charge < -0.3 is 9.42 Å². The van der Waals surface area contributed by atoms with Gasteiger partial charge in [0.1, 0.15) is 5.69 Å². The number of aryl methyl sites for hydroxylation is 1. The highest BCUT2D eigenvalue weighted by atomic mass is 32.1. The Morgan fingerprint density at radius 2 is 2.15 bits per heavy atom. The van der Waals surface area contributed by atoms with Gasteiger partial charge >= 0.3 is 0 Å². The normalized spacial score (nSPS) is 16.3. The van der Waals surface area contributed by atoms with Crippen molar-refractivity contribution in [3.8, 4) is 11.3 Å². The predicted octanol–water partition coefficient (Wildman–Crippen LogP) is 4.20. The molecule has 0 aliphatic heterocycles. The molecule has 3 heterocycles. The van der Waals surface area contributed by atoms with Crippen LogP contribution in [0.3, 0.4) is 0 Å². The van der Waals surface area contributed by atoms with Crippen LogP contribution in [-0.2, 0) is 19.4 Å². The third kappa shape index (κ3) is 3.42. The average molecular weight is 367 g/mol. The van der Waals surface area contributed by atoms with Crippen molar-refractivity contribution in [2.24, 2.45) is 5.92 Å². The Labute approximate surface area is 156 Å². The lowest BCUT2D eigenvalue weighted by molar-refractivity contribution is 0.0777. The molecular weight excluding hydrogens is 346 g/mol. The van der Waals surface area contributed by atoms with Gasteiger partial charge in [0, 0.05) is 35.9 Å². The zero-order valence-corrected chi connectivity index (χ0v) is 15.8. The average Bonchev–Trinajstić information content (AvgIpc) is 3.28. The summed E-state index contributed by atoms with van der Waals surface area (Å²) in [5, 5.41) is 4.09. The van der Waals surface area contributed by atoms with Crippen molar-refractivity contribution >= 4 is 17.2 Å². The molecule has 0 saturated heterocycles. The molecule has 0 radical (unpaired) electrons. The van der Waals surface area contributed by atoms with E-state index in [1.165, 1.54) is 16.9 Å². The maximum Gasteiger partial charge on any atom is 0.264 e. The second-order valence-corrected chi connectivity index (χ2v) is 8.12. The molecule has 4 rings (SSSR count). The third-order valence-corrected chi connectivity index (χ3v) is 6.04. The molecule has 5 nitrogen and oxygen atoms in total. The summed E-state index contributed by atoms with van der Waals surface area (Å²) >= 11 is 1.64. The van der Waals surface area contributed by atoms with E-state index in [4.69, 9.17) is 4.52 Å². The highest BCUT2D eigenvalue weighted by Gasteiger charge is 2.23. The first-order valence-corrected chi connectivity index (χ1v) is 9.65. The van der Waals surface area contributed by atoms with Gasteiger partial charge in [0.15, 0.2) is 5.76 Å². The molecule has 0 N–H and O–H groups in total. The smallest absolute Gasteiger partial charge is 0.264 e. The molecule has 3 aromatic rings. The van der Waals surface area contributed by atoms with E-state index in [1.807, 2.05) is 18.2 Å². The SMILES string of the molecule is CC1CCc2sc(C(=O)N(C)Cc3cc(-c4ccncc4)no3)cc2C1. The summed E-state index contributed by atoms with van der Waals surface area (Å²) in [6.07, 6.45) is 6.83. The minimum Gasteiger partial charge on any atom is -0.359 e. The first-order valence-electron chi connectivity index (χ1n) is 8.83. The number of hydrogen-bond acceptors (Lipinski definition) is 5. The van der Waals surface area contributed by atoms with E-state index in [0.717, 1.165) is 29.0 Å². The van der Waals surface area contributed by atoms with Crippen LogP contribution in [0.5, 0.6) is 0 Å².